The van der Waals surface area contributed by atoms with Gasteiger partial charge in [-0.25, -0.2) is 9.78 Å². The van der Waals surface area contributed by atoms with Crippen LogP contribution in [0.3, 0.4) is 0 Å². The molecule has 0 saturated heterocycles. The minimum atomic E-state index is -0.420. The Morgan fingerprint density at radius 1 is 1.00 bits per heavy atom. The zero-order valence-corrected chi connectivity index (χ0v) is 16.9. The molecule has 0 radical (unpaired) electrons. The van der Waals surface area contributed by atoms with Crippen LogP contribution in [-0.2, 0) is 0 Å². The maximum absolute atomic E-state index is 12.4. The molecule has 0 unspecified atom stereocenters. The molecule has 2 heterocycles. The molecule has 138 valence electrons. The van der Waals surface area contributed by atoms with Crippen LogP contribution in [0.15, 0.2) is 82.8 Å². The summed E-state index contributed by atoms with van der Waals surface area (Å²) in [5.74, 6) is 0.0311. The number of benzene rings is 2. The summed E-state index contributed by atoms with van der Waals surface area (Å²) >= 11 is 4.85. The zero-order chi connectivity index (χ0) is 19.3. The average molecular weight is 452 g/mol. The number of rotatable bonds is 5. The number of halogens is 1. The Morgan fingerprint density at radius 3 is 2.68 bits per heavy atom. The summed E-state index contributed by atoms with van der Waals surface area (Å²) in [4.78, 5) is 21.2. The number of nitrogens with one attached hydrogen (secondary N) is 1. The lowest BCUT2D eigenvalue weighted by atomic mass is 10.2. The van der Waals surface area contributed by atoms with Crippen molar-refractivity contribution in [3.8, 4) is 17.1 Å². The Hall–Kier alpha value is -3.03. The number of ether oxygens (including phenoxy) is 1. The van der Waals surface area contributed by atoms with Crippen LogP contribution >= 0.6 is 27.3 Å². The van der Waals surface area contributed by atoms with Crippen molar-refractivity contribution in [3.05, 3.63) is 88.3 Å². The Morgan fingerprint density at radius 2 is 1.86 bits per heavy atom. The third kappa shape index (κ3) is 4.27. The second-order valence-corrected chi connectivity index (χ2v) is 7.49. The van der Waals surface area contributed by atoms with Gasteiger partial charge in [-0.2, -0.15) is 0 Å². The predicted octanol–water partition coefficient (Wildman–Crippen LogP) is 5.93. The molecule has 0 aliphatic rings. The molecule has 5 nitrogen and oxygen atoms in total. The molecule has 0 fully saturated rings. The van der Waals surface area contributed by atoms with E-state index in [1.807, 2.05) is 41.8 Å². The van der Waals surface area contributed by atoms with Gasteiger partial charge in [0.2, 0.25) is 0 Å². The van der Waals surface area contributed by atoms with Gasteiger partial charge in [-0.15, -0.1) is 11.3 Å². The van der Waals surface area contributed by atoms with Crippen LogP contribution in [0.5, 0.6) is 5.75 Å². The van der Waals surface area contributed by atoms with E-state index in [0.29, 0.717) is 15.8 Å². The molecule has 2 aromatic carbocycles. The molecule has 0 amide bonds. The SMILES string of the molecule is O=C(Oc1cccc(Nc2nc(-c3ccccn3)cs2)c1)c1ccccc1Br. The third-order valence-electron chi connectivity index (χ3n) is 3.82. The molecule has 0 atom stereocenters. The van der Waals surface area contributed by atoms with E-state index in [4.69, 9.17) is 4.74 Å². The van der Waals surface area contributed by atoms with Crippen molar-refractivity contribution in [2.45, 2.75) is 0 Å². The van der Waals surface area contributed by atoms with Crippen molar-refractivity contribution in [1.82, 2.24) is 9.97 Å². The monoisotopic (exact) mass is 451 g/mol. The first kappa shape index (κ1) is 18.3. The fourth-order valence-electron chi connectivity index (χ4n) is 2.51. The minimum absolute atomic E-state index is 0.420. The van der Waals surface area contributed by atoms with Gasteiger partial charge in [0.05, 0.1) is 11.3 Å². The van der Waals surface area contributed by atoms with E-state index in [-0.39, 0.29) is 0 Å². The molecule has 2 aromatic heterocycles. The summed E-state index contributed by atoms with van der Waals surface area (Å²) in [6, 6.07) is 20.1. The molecule has 28 heavy (non-hydrogen) atoms. The molecule has 1 N–H and O–H groups in total. The number of thiazole rings is 1. The van der Waals surface area contributed by atoms with Crippen LogP contribution < -0.4 is 10.1 Å². The number of anilines is 2. The fourth-order valence-corrected chi connectivity index (χ4v) is 3.68. The number of pyridine rings is 1. The normalized spacial score (nSPS) is 10.5. The highest BCUT2D eigenvalue weighted by Gasteiger charge is 2.12. The summed E-state index contributed by atoms with van der Waals surface area (Å²) in [7, 11) is 0. The molecular weight excluding hydrogens is 438 g/mol. The second-order valence-electron chi connectivity index (χ2n) is 5.78. The lowest BCUT2D eigenvalue weighted by Gasteiger charge is -2.08. The average Bonchev–Trinajstić information content (AvgIpc) is 3.18. The number of hydrogen-bond acceptors (Lipinski definition) is 6. The topological polar surface area (TPSA) is 64.1 Å². The van der Waals surface area contributed by atoms with Crippen molar-refractivity contribution in [3.63, 3.8) is 0 Å². The highest BCUT2D eigenvalue weighted by molar-refractivity contribution is 9.10. The van der Waals surface area contributed by atoms with Gasteiger partial charge in [-0.05, 0) is 52.3 Å². The Bertz CT molecular complexity index is 1120. The Kier molecular flexibility index (Phi) is 5.45. The molecule has 0 bridgehead atoms. The van der Waals surface area contributed by atoms with Gasteiger partial charge in [0.1, 0.15) is 11.4 Å². The van der Waals surface area contributed by atoms with Crippen molar-refractivity contribution < 1.29 is 9.53 Å². The number of hydrogen-bond donors (Lipinski definition) is 1. The minimum Gasteiger partial charge on any atom is -0.423 e. The second kappa shape index (κ2) is 8.33. The smallest absolute Gasteiger partial charge is 0.344 e. The van der Waals surface area contributed by atoms with Gasteiger partial charge in [-0.3, -0.25) is 4.98 Å². The van der Waals surface area contributed by atoms with Gasteiger partial charge in [0, 0.05) is 27.8 Å². The maximum Gasteiger partial charge on any atom is 0.344 e. The van der Waals surface area contributed by atoms with E-state index >= 15 is 0 Å². The largest absolute Gasteiger partial charge is 0.423 e. The summed E-state index contributed by atoms with van der Waals surface area (Å²) in [5.41, 5.74) is 2.88. The molecule has 4 aromatic rings. The lowest BCUT2D eigenvalue weighted by molar-refractivity contribution is 0.0734. The van der Waals surface area contributed by atoms with Gasteiger partial charge >= 0.3 is 5.97 Å². The van der Waals surface area contributed by atoms with Gasteiger partial charge in [0.25, 0.3) is 0 Å². The quantitative estimate of drug-likeness (QED) is 0.300. The standard InChI is InChI=1S/C21H14BrN3O2S/c22-17-9-2-1-8-16(17)20(26)27-15-7-5-6-14(12-15)24-21-25-19(13-28-21)18-10-3-4-11-23-18/h1-13H,(H,24,25). The van der Waals surface area contributed by atoms with Gasteiger partial charge < -0.3 is 10.1 Å². The Labute approximate surface area is 174 Å². The molecule has 0 spiro atoms. The van der Waals surface area contributed by atoms with Crippen LogP contribution in [0.1, 0.15) is 10.4 Å². The van der Waals surface area contributed by atoms with E-state index in [2.05, 4.69) is 31.2 Å². The molecule has 7 heteroatoms. The third-order valence-corrected chi connectivity index (χ3v) is 5.27. The first-order valence-corrected chi connectivity index (χ1v) is 10.1. The number of aromatic nitrogens is 2. The van der Waals surface area contributed by atoms with Crippen molar-refractivity contribution in [1.29, 1.82) is 0 Å². The predicted molar refractivity (Wildman–Crippen MR) is 114 cm³/mol. The molecule has 4 rings (SSSR count). The first-order valence-electron chi connectivity index (χ1n) is 8.40. The van der Waals surface area contributed by atoms with Crippen molar-refractivity contribution in [2.24, 2.45) is 0 Å². The number of esters is 1. The van der Waals surface area contributed by atoms with Gasteiger partial charge in [0.15, 0.2) is 5.13 Å². The van der Waals surface area contributed by atoms with Crippen molar-refractivity contribution >= 4 is 44.1 Å². The van der Waals surface area contributed by atoms with Crippen LogP contribution in [0.25, 0.3) is 11.4 Å². The van der Waals surface area contributed by atoms with E-state index < -0.39 is 5.97 Å². The first-order chi connectivity index (χ1) is 13.7. The van der Waals surface area contributed by atoms with Crippen LogP contribution in [0, 0.1) is 0 Å². The highest BCUT2D eigenvalue weighted by Crippen LogP contribution is 2.28. The van der Waals surface area contributed by atoms with Crippen LogP contribution in [0.4, 0.5) is 10.8 Å². The maximum atomic E-state index is 12.4. The summed E-state index contributed by atoms with van der Waals surface area (Å²) in [5, 5.41) is 5.92. The number of carbonyl (C=O) groups is 1. The van der Waals surface area contributed by atoms with Crippen LogP contribution in [0.2, 0.25) is 0 Å². The zero-order valence-electron chi connectivity index (χ0n) is 14.5. The van der Waals surface area contributed by atoms with Crippen molar-refractivity contribution in [2.75, 3.05) is 5.32 Å². The van der Waals surface area contributed by atoms with E-state index in [1.165, 1.54) is 11.3 Å². The van der Waals surface area contributed by atoms with E-state index in [1.54, 1.807) is 36.5 Å². The molecule has 0 aliphatic heterocycles. The fraction of sp³-hybridized carbons (Fsp3) is 0. The molecule has 0 saturated carbocycles. The lowest BCUT2D eigenvalue weighted by Crippen LogP contribution is -2.09. The number of carbonyl (C=O) groups excluding carboxylic acids is 1. The molecular formula is C21H14BrN3O2S. The summed E-state index contributed by atoms with van der Waals surface area (Å²) in [6.07, 6.45) is 1.74. The Balaban J connectivity index is 1.48. The highest BCUT2D eigenvalue weighted by atomic mass is 79.9. The van der Waals surface area contributed by atoms with Gasteiger partial charge in [-0.1, -0.05) is 24.3 Å². The molecule has 0 aliphatic carbocycles. The van der Waals surface area contributed by atoms with E-state index in [0.717, 1.165) is 22.2 Å². The summed E-state index contributed by atoms with van der Waals surface area (Å²) < 4.78 is 6.19. The van der Waals surface area contributed by atoms with Crippen LogP contribution in [-0.4, -0.2) is 15.9 Å². The summed E-state index contributed by atoms with van der Waals surface area (Å²) in [6.45, 7) is 0. The number of nitrogens with zero attached hydrogens (tertiary/aromatic N) is 2. The van der Waals surface area contributed by atoms with E-state index in [9.17, 15) is 4.79 Å².